The Kier molecular flexibility index (Phi) is 4.66. The quantitative estimate of drug-likeness (QED) is 0.868. The number of halogens is 2. The van der Waals surface area contributed by atoms with Gasteiger partial charge in [0.15, 0.2) is 11.6 Å². The van der Waals surface area contributed by atoms with E-state index in [9.17, 15) is 8.78 Å². The summed E-state index contributed by atoms with van der Waals surface area (Å²) in [5.41, 5.74) is 0.816. The maximum absolute atomic E-state index is 13.1. The van der Waals surface area contributed by atoms with Gasteiger partial charge in [0.25, 0.3) is 0 Å². The third-order valence-electron chi connectivity index (χ3n) is 3.46. The molecule has 1 heterocycles. The fraction of sp³-hybridized carbons (Fsp3) is 0.571. The molecule has 100 valence electrons. The minimum absolute atomic E-state index is 0.623. The lowest BCUT2D eigenvalue weighted by atomic mass is 10.1. The molecule has 0 radical (unpaired) electrons. The van der Waals surface area contributed by atoms with E-state index in [2.05, 4.69) is 10.2 Å². The number of nitrogens with one attached hydrogen (secondary N) is 1. The summed E-state index contributed by atoms with van der Waals surface area (Å²) in [4.78, 5) is 2.15. The van der Waals surface area contributed by atoms with E-state index in [0.29, 0.717) is 12.6 Å². The predicted molar refractivity (Wildman–Crippen MR) is 68.3 cm³/mol. The van der Waals surface area contributed by atoms with E-state index in [4.69, 9.17) is 0 Å². The Hall–Kier alpha value is -1.00. The van der Waals surface area contributed by atoms with E-state index in [0.717, 1.165) is 25.1 Å². The first-order chi connectivity index (χ1) is 8.65. The predicted octanol–water partition coefficient (Wildman–Crippen LogP) is 2.54. The summed E-state index contributed by atoms with van der Waals surface area (Å²) in [6.45, 7) is 2.75. The molecule has 1 atom stereocenters. The molecule has 1 unspecified atom stereocenters. The molecular formula is C14H20F2N2. The van der Waals surface area contributed by atoms with Crippen LogP contribution in [0.3, 0.4) is 0 Å². The molecule has 0 aromatic heterocycles. The van der Waals surface area contributed by atoms with Crippen LogP contribution in [-0.2, 0) is 6.54 Å². The number of hydrogen-bond donors (Lipinski definition) is 1. The van der Waals surface area contributed by atoms with Crippen molar-refractivity contribution in [1.82, 2.24) is 10.2 Å². The first-order valence-corrected chi connectivity index (χ1v) is 6.51. The molecule has 1 saturated heterocycles. The molecule has 2 nitrogen and oxygen atoms in total. The van der Waals surface area contributed by atoms with Crippen LogP contribution in [0.25, 0.3) is 0 Å². The molecule has 0 bridgehead atoms. The second-order valence-electron chi connectivity index (χ2n) is 5.07. The van der Waals surface area contributed by atoms with Gasteiger partial charge in [-0.05, 0) is 57.1 Å². The van der Waals surface area contributed by atoms with Crippen LogP contribution in [0.4, 0.5) is 8.78 Å². The first-order valence-electron chi connectivity index (χ1n) is 6.51. The van der Waals surface area contributed by atoms with E-state index in [1.165, 1.54) is 25.0 Å². The fourth-order valence-electron chi connectivity index (χ4n) is 2.41. The molecule has 1 aromatic carbocycles. The standard InChI is InChI=1S/C14H20F2N2/c1-18(8-6-12-3-2-7-17-12)10-11-4-5-13(15)14(16)9-11/h4-5,9,12,17H,2-3,6-8,10H2,1H3. The lowest BCUT2D eigenvalue weighted by Gasteiger charge is -2.19. The zero-order valence-corrected chi connectivity index (χ0v) is 10.8. The van der Waals surface area contributed by atoms with Crippen molar-refractivity contribution in [2.24, 2.45) is 0 Å². The molecule has 1 aliphatic rings. The SMILES string of the molecule is CN(CCC1CCCN1)Cc1ccc(F)c(F)c1. The number of rotatable bonds is 5. The summed E-state index contributed by atoms with van der Waals surface area (Å²) in [5.74, 6) is -1.55. The zero-order chi connectivity index (χ0) is 13.0. The molecule has 0 amide bonds. The van der Waals surface area contributed by atoms with E-state index >= 15 is 0 Å². The Balaban J connectivity index is 1.78. The van der Waals surface area contributed by atoms with Gasteiger partial charge in [0, 0.05) is 12.6 Å². The molecule has 18 heavy (non-hydrogen) atoms. The smallest absolute Gasteiger partial charge is 0.159 e. The molecule has 1 aromatic rings. The second kappa shape index (κ2) is 6.25. The third kappa shape index (κ3) is 3.75. The third-order valence-corrected chi connectivity index (χ3v) is 3.46. The highest BCUT2D eigenvalue weighted by Crippen LogP contribution is 2.12. The summed E-state index contributed by atoms with van der Waals surface area (Å²) >= 11 is 0. The minimum atomic E-state index is -0.781. The summed E-state index contributed by atoms with van der Waals surface area (Å²) in [5, 5.41) is 3.46. The van der Waals surface area contributed by atoms with Crippen molar-refractivity contribution in [3.05, 3.63) is 35.4 Å². The maximum atomic E-state index is 13.1. The van der Waals surface area contributed by atoms with Crippen LogP contribution < -0.4 is 5.32 Å². The Morgan fingerprint density at radius 2 is 2.17 bits per heavy atom. The fourth-order valence-corrected chi connectivity index (χ4v) is 2.41. The molecule has 0 aliphatic carbocycles. The van der Waals surface area contributed by atoms with Crippen LogP contribution in [-0.4, -0.2) is 31.1 Å². The first kappa shape index (κ1) is 13.4. The average molecular weight is 254 g/mol. The van der Waals surface area contributed by atoms with Crippen LogP contribution in [0, 0.1) is 11.6 Å². The number of nitrogens with zero attached hydrogens (tertiary/aromatic N) is 1. The van der Waals surface area contributed by atoms with Gasteiger partial charge in [0.1, 0.15) is 0 Å². The van der Waals surface area contributed by atoms with E-state index in [1.807, 2.05) is 7.05 Å². The van der Waals surface area contributed by atoms with Gasteiger partial charge in [-0.2, -0.15) is 0 Å². The molecule has 0 spiro atoms. The molecule has 4 heteroatoms. The molecule has 1 fully saturated rings. The van der Waals surface area contributed by atoms with E-state index < -0.39 is 11.6 Å². The largest absolute Gasteiger partial charge is 0.314 e. The normalized spacial score (nSPS) is 19.7. The lowest BCUT2D eigenvalue weighted by molar-refractivity contribution is 0.305. The highest BCUT2D eigenvalue weighted by Gasteiger charge is 2.14. The van der Waals surface area contributed by atoms with Crippen LogP contribution in [0.2, 0.25) is 0 Å². The maximum Gasteiger partial charge on any atom is 0.159 e. The summed E-state index contributed by atoms with van der Waals surface area (Å²) < 4.78 is 25.8. The van der Waals surface area contributed by atoms with Crippen molar-refractivity contribution in [1.29, 1.82) is 0 Å². The van der Waals surface area contributed by atoms with Gasteiger partial charge in [-0.25, -0.2) is 8.78 Å². The Labute approximate surface area is 107 Å². The van der Waals surface area contributed by atoms with Gasteiger partial charge in [-0.15, -0.1) is 0 Å². The Bertz CT molecular complexity index is 389. The van der Waals surface area contributed by atoms with Crippen LogP contribution in [0.1, 0.15) is 24.8 Å². The van der Waals surface area contributed by atoms with Crippen LogP contribution >= 0.6 is 0 Å². The van der Waals surface area contributed by atoms with Crippen molar-refractivity contribution < 1.29 is 8.78 Å². The van der Waals surface area contributed by atoms with E-state index in [1.54, 1.807) is 6.07 Å². The second-order valence-corrected chi connectivity index (χ2v) is 5.07. The Morgan fingerprint density at radius 1 is 1.33 bits per heavy atom. The summed E-state index contributed by atoms with van der Waals surface area (Å²) in [7, 11) is 2.01. The number of benzene rings is 1. The lowest BCUT2D eigenvalue weighted by Crippen LogP contribution is -2.28. The van der Waals surface area contributed by atoms with Crippen molar-refractivity contribution in [2.45, 2.75) is 31.8 Å². The summed E-state index contributed by atoms with van der Waals surface area (Å²) in [6, 6.07) is 4.73. The minimum Gasteiger partial charge on any atom is -0.314 e. The van der Waals surface area contributed by atoms with E-state index in [-0.39, 0.29) is 0 Å². The molecule has 1 aliphatic heterocycles. The van der Waals surface area contributed by atoms with Crippen LogP contribution in [0.5, 0.6) is 0 Å². The van der Waals surface area contributed by atoms with Crippen molar-refractivity contribution in [3.8, 4) is 0 Å². The zero-order valence-electron chi connectivity index (χ0n) is 10.8. The molecular weight excluding hydrogens is 234 g/mol. The average Bonchev–Trinajstić information content (AvgIpc) is 2.84. The van der Waals surface area contributed by atoms with Gasteiger partial charge < -0.3 is 10.2 Å². The van der Waals surface area contributed by atoms with Crippen molar-refractivity contribution in [3.63, 3.8) is 0 Å². The molecule has 0 saturated carbocycles. The highest BCUT2D eigenvalue weighted by molar-refractivity contribution is 5.17. The van der Waals surface area contributed by atoms with Gasteiger partial charge in [-0.3, -0.25) is 0 Å². The van der Waals surface area contributed by atoms with Gasteiger partial charge in [-0.1, -0.05) is 6.07 Å². The number of hydrogen-bond acceptors (Lipinski definition) is 2. The molecule has 1 N–H and O–H groups in total. The van der Waals surface area contributed by atoms with Crippen molar-refractivity contribution in [2.75, 3.05) is 20.1 Å². The van der Waals surface area contributed by atoms with Gasteiger partial charge in [0.05, 0.1) is 0 Å². The summed E-state index contributed by atoms with van der Waals surface area (Å²) in [6.07, 6.45) is 3.62. The monoisotopic (exact) mass is 254 g/mol. The van der Waals surface area contributed by atoms with Gasteiger partial charge in [0.2, 0.25) is 0 Å². The van der Waals surface area contributed by atoms with Crippen LogP contribution in [0.15, 0.2) is 18.2 Å². The van der Waals surface area contributed by atoms with Gasteiger partial charge >= 0.3 is 0 Å². The van der Waals surface area contributed by atoms with Crippen molar-refractivity contribution >= 4 is 0 Å². The Morgan fingerprint density at radius 3 is 2.83 bits per heavy atom. The highest BCUT2D eigenvalue weighted by atomic mass is 19.2. The topological polar surface area (TPSA) is 15.3 Å². The molecule has 2 rings (SSSR count).